The predicted molar refractivity (Wildman–Crippen MR) is 98.7 cm³/mol. The van der Waals surface area contributed by atoms with Gasteiger partial charge in [0.15, 0.2) is 0 Å². The van der Waals surface area contributed by atoms with Gasteiger partial charge in [-0.05, 0) is 71.7 Å². The highest BCUT2D eigenvalue weighted by Gasteiger charge is 2.31. The van der Waals surface area contributed by atoms with Crippen molar-refractivity contribution < 1.29 is 4.79 Å². The summed E-state index contributed by atoms with van der Waals surface area (Å²) in [6.45, 7) is 0.798. The molecule has 1 aliphatic carbocycles. The molecule has 122 valence electrons. The monoisotopic (exact) mass is 357 g/mol. The van der Waals surface area contributed by atoms with Crippen LogP contribution in [0.15, 0.2) is 42.5 Å². The van der Waals surface area contributed by atoms with Crippen molar-refractivity contribution in [1.82, 2.24) is 4.90 Å². The van der Waals surface area contributed by atoms with Crippen molar-refractivity contribution in [3.8, 4) is 0 Å². The SMILES string of the molecule is O=C(c1ccc(Cl)cc1)N1CCCC2=c3ccc(Cl)cc3=CCC21. The largest absolute Gasteiger partial charge is 0.332 e. The van der Waals surface area contributed by atoms with Crippen molar-refractivity contribution in [1.29, 1.82) is 0 Å². The second kappa shape index (κ2) is 6.27. The molecule has 0 saturated carbocycles. The molecule has 0 N–H and O–H groups in total. The van der Waals surface area contributed by atoms with Gasteiger partial charge in [-0.2, -0.15) is 0 Å². The molecule has 0 bridgehead atoms. The maximum absolute atomic E-state index is 13.0. The number of benzene rings is 2. The third-order valence-electron chi connectivity index (χ3n) is 4.90. The standard InChI is InChI=1S/C20H17Cl2NO/c21-15-6-3-13(4-7-15)20(24)23-11-1-2-18-17-9-8-16(22)12-14(17)5-10-19(18)23/h3-9,12,19H,1-2,10-11H2. The van der Waals surface area contributed by atoms with Crippen LogP contribution in [0.4, 0.5) is 0 Å². The first-order valence-electron chi connectivity index (χ1n) is 8.19. The molecule has 1 fully saturated rings. The van der Waals surface area contributed by atoms with E-state index < -0.39 is 0 Å². The van der Waals surface area contributed by atoms with Gasteiger partial charge in [-0.3, -0.25) is 4.79 Å². The summed E-state index contributed by atoms with van der Waals surface area (Å²) in [5.41, 5.74) is 2.06. The molecule has 0 radical (unpaired) electrons. The highest BCUT2D eigenvalue weighted by Crippen LogP contribution is 2.29. The number of likely N-dealkylation sites (tertiary alicyclic amines) is 1. The third kappa shape index (κ3) is 2.74. The van der Waals surface area contributed by atoms with Gasteiger partial charge in [0.1, 0.15) is 0 Å². The molecular formula is C20H17Cl2NO. The summed E-state index contributed by atoms with van der Waals surface area (Å²) in [5, 5.41) is 3.84. The average molecular weight is 358 g/mol. The van der Waals surface area contributed by atoms with Gasteiger partial charge in [-0.25, -0.2) is 0 Å². The Morgan fingerprint density at radius 3 is 2.58 bits per heavy atom. The van der Waals surface area contributed by atoms with E-state index in [-0.39, 0.29) is 11.9 Å². The van der Waals surface area contributed by atoms with Crippen molar-refractivity contribution in [3.63, 3.8) is 0 Å². The zero-order valence-electron chi connectivity index (χ0n) is 13.1. The van der Waals surface area contributed by atoms with Gasteiger partial charge in [0, 0.05) is 22.2 Å². The number of carbonyl (C=O) groups excluding carboxylic acids is 1. The number of amides is 1. The normalized spacial score (nSPS) is 19.3. The van der Waals surface area contributed by atoms with Crippen LogP contribution < -0.4 is 10.4 Å². The van der Waals surface area contributed by atoms with Crippen LogP contribution in [0.2, 0.25) is 10.0 Å². The summed E-state index contributed by atoms with van der Waals surface area (Å²) in [4.78, 5) is 15.0. The summed E-state index contributed by atoms with van der Waals surface area (Å²) in [6, 6.07) is 13.3. The van der Waals surface area contributed by atoms with Crippen LogP contribution in [0.1, 0.15) is 29.6 Å². The summed E-state index contributed by atoms with van der Waals surface area (Å²) >= 11 is 12.1. The molecule has 2 aromatic carbocycles. The van der Waals surface area contributed by atoms with Gasteiger partial charge in [-0.1, -0.05) is 35.3 Å². The Kier molecular flexibility index (Phi) is 4.11. The van der Waals surface area contributed by atoms with E-state index in [1.165, 1.54) is 16.0 Å². The summed E-state index contributed by atoms with van der Waals surface area (Å²) in [7, 11) is 0. The fraction of sp³-hybridized carbons (Fsp3) is 0.250. The van der Waals surface area contributed by atoms with Crippen LogP contribution in [0.25, 0.3) is 11.6 Å². The fourth-order valence-electron chi connectivity index (χ4n) is 3.77. The van der Waals surface area contributed by atoms with E-state index in [0.29, 0.717) is 10.6 Å². The first kappa shape index (κ1) is 15.7. The third-order valence-corrected chi connectivity index (χ3v) is 5.38. The van der Waals surface area contributed by atoms with E-state index in [9.17, 15) is 4.79 Å². The van der Waals surface area contributed by atoms with Crippen molar-refractivity contribution in [2.75, 3.05) is 6.54 Å². The van der Waals surface area contributed by atoms with Gasteiger partial charge in [0.25, 0.3) is 5.91 Å². The summed E-state index contributed by atoms with van der Waals surface area (Å²) in [6.07, 6.45) is 5.08. The molecule has 2 aromatic rings. The highest BCUT2D eigenvalue weighted by molar-refractivity contribution is 6.30. The second-order valence-corrected chi connectivity index (χ2v) is 7.19. The Morgan fingerprint density at radius 2 is 1.79 bits per heavy atom. The zero-order valence-corrected chi connectivity index (χ0v) is 14.6. The molecule has 24 heavy (non-hydrogen) atoms. The minimum absolute atomic E-state index is 0.0830. The number of halogens is 2. The van der Waals surface area contributed by atoms with Crippen molar-refractivity contribution in [3.05, 3.63) is 68.5 Å². The molecule has 1 aliphatic heterocycles. The van der Waals surface area contributed by atoms with E-state index >= 15 is 0 Å². The molecule has 1 atom stereocenters. The van der Waals surface area contributed by atoms with E-state index in [4.69, 9.17) is 23.2 Å². The number of rotatable bonds is 1. The summed E-state index contributed by atoms with van der Waals surface area (Å²) < 4.78 is 0. The van der Waals surface area contributed by atoms with E-state index in [0.717, 1.165) is 30.8 Å². The van der Waals surface area contributed by atoms with Crippen LogP contribution >= 0.6 is 23.2 Å². The maximum atomic E-state index is 13.0. The van der Waals surface area contributed by atoms with Crippen LogP contribution in [0.5, 0.6) is 0 Å². The average Bonchev–Trinajstić information content (AvgIpc) is 2.60. The predicted octanol–water partition coefficient (Wildman–Crippen LogP) is 3.63. The molecule has 4 rings (SSSR count). The molecule has 2 aliphatic rings. The number of nitrogens with zero attached hydrogens (tertiary/aromatic N) is 1. The second-order valence-electron chi connectivity index (χ2n) is 6.32. The molecule has 2 nitrogen and oxygen atoms in total. The number of piperidine rings is 1. The topological polar surface area (TPSA) is 20.3 Å². The first-order valence-corrected chi connectivity index (χ1v) is 8.94. The Balaban J connectivity index is 1.74. The molecule has 0 aromatic heterocycles. The van der Waals surface area contributed by atoms with E-state index in [1.807, 2.05) is 17.0 Å². The maximum Gasteiger partial charge on any atom is 0.254 e. The molecule has 1 amide bonds. The van der Waals surface area contributed by atoms with Gasteiger partial charge in [-0.15, -0.1) is 0 Å². The smallest absolute Gasteiger partial charge is 0.254 e. The van der Waals surface area contributed by atoms with Crippen molar-refractivity contribution in [2.45, 2.75) is 25.3 Å². The lowest BCUT2D eigenvalue weighted by molar-refractivity contribution is 0.0700. The lowest BCUT2D eigenvalue weighted by Crippen LogP contribution is -2.49. The minimum atomic E-state index is 0.0830. The van der Waals surface area contributed by atoms with Crippen LogP contribution in [-0.2, 0) is 0 Å². The molecule has 4 heteroatoms. The number of fused-ring (bicyclic) bond motifs is 2. The Morgan fingerprint density at radius 1 is 1.04 bits per heavy atom. The minimum Gasteiger partial charge on any atom is -0.332 e. The Labute approximate surface area is 151 Å². The zero-order chi connectivity index (χ0) is 16.7. The molecule has 1 saturated heterocycles. The van der Waals surface area contributed by atoms with Crippen molar-refractivity contribution in [2.24, 2.45) is 0 Å². The molecular weight excluding hydrogens is 341 g/mol. The Hall–Kier alpha value is -1.77. The molecule has 1 unspecified atom stereocenters. The first-order chi connectivity index (χ1) is 11.6. The van der Waals surface area contributed by atoms with E-state index in [1.54, 1.807) is 24.3 Å². The van der Waals surface area contributed by atoms with Gasteiger partial charge in [0.05, 0.1) is 6.04 Å². The van der Waals surface area contributed by atoms with Crippen LogP contribution in [0, 0.1) is 0 Å². The van der Waals surface area contributed by atoms with Gasteiger partial charge < -0.3 is 4.90 Å². The quantitative estimate of drug-likeness (QED) is 0.762. The number of hydrogen-bond acceptors (Lipinski definition) is 1. The van der Waals surface area contributed by atoms with Gasteiger partial charge in [0.2, 0.25) is 0 Å². The highest BCUT2D eigenvalue weighted by atomic mass is 35.5. The number of hydrogen-bond donors (Lipinski definition) is 0. The molecule has 1 heterocycles. The van der Waals surface area contributed by atoms with Crippen LogP contribution in [0.3, 0.4) is 0 Å². The molecule has 0 spiro atoms. The summed E-state index contributed by atoms with van der Waals surface area (Å²) in [5.74, 6) is 0.0830. The van der Waals surface area contributed by atoms with E-state index in [2.05, 4.69) is 12.1 Å². The fourth-order valence-corrected chi connectivity index (χ4v) is 4.08. The Bertz CT molecular complexity index is 918. The lowest BCUT2D eigenvalue weighted by Gasteiger charge is -2.39. The van der Waals surface area contributed by atoms with Crippen molar-refractivity contribution >= 4 is 40.8 Å². The number of carbonyl (C=O) groups is 1. The van der Waals surface area contributed by atoms with Gasteiger partial charge >= 0.3 is 0 Å². The lowest BCUT2D eigenvalue weighted by atomic mass is 9.87. The van der Waals surface area contributed by atoms with Crippen LogP contribution in [-0.4, -0.2) is 23.4 Å².